The molecular formula is C8H8BrN3O2. The van der Waals surface area contributed by atoms with E-state index in [0.717, 1.165) is 0 Å². The van der Waals surface area contributed by atoms with Gasteiger partial charge in [0.05, 0.1) is 6.07 Å². The fourth-order valence-electron chi connectivity index (χ4n) is 0.943. The number of anilines is 1. The maximum Gasteiger partial charge on any atom is 0.170 e. The van der Waals surface area contributed by atoms with Crippen molar-refractivity contribution >= 4 is 21.7 Å². The quantitative estimate of drug-likeness (QED) is 0.664. The largest absolute Gasteiger partial charge is 0.384 e. The van der Waals surface area contributed by atoms with E-state index in [1.54, 1.807) is 0 Å². The molecule has 1 aromatic rings. The molecule has 0 radical (unpaired) electrons. The summed E-state index contributed by atoms with van der Waals surface area (Å²) in [5.41, 5.74) is 5.70. The first-order valence-corrected chi connectivity index (χ1v) is 4.52. The number of aromatic nitrogens is 1. The van der Waals surface area contributed by atoms with Gasteiger partial charge in [-0.05, 0) is 22.0 Å². The lowest BCUT2D eigenvalue weighted by Crippen LogP contribution is -2.17. The van der Waals surface area contributed by atoms with Crippen molar-refractivity contribution in [2.75, 3.05) is 5.73 Å². The van der Waals surface area contributed by atoms with E-state index in [-0.39, 0.29) is 11.4 Å². The van der Waals surface area contributed by atoms with Crippen LogP contribution in [0.1, 0.15) is 11.7 Å². The number of rotatable bonds is 2. The highest BCUT2D eigenvalue weighted by Gasteiger charge is 2.20. The molecule has 0 aliphatic rings. The van der Waals surface area contributed by atoms with Crippen molar-refractivity contribution < 1.29 is 10.2 Å². The third-order valence-corrected chi connectivity index (χ3v) is 2.10. The molecule has 0 amide bonds. The number of pyridine rings is 1. The Bertz CT molecular complexity index is 377. The molecule has 0 aliphatic heterocycles. The van der Waals surface area contributed by atoms with Gasteiger partial charge >= 0.3 is 0 Å². The molecule has 5 nitrogen and oxygen atoms in total. The highest BCUT2D eigenvalue weighted by molar-refractivity contribution is 9.10. The van der Waals surface area contributed by atoms with Crippen LogP contribution in [0, 0.1) is 11.3 Å². The van der Waals surface area contributed by atoms with Crippen molar-refractivity contribution in [2.24, 2.45) is 0 Å². The molecule has 0 saturated heterocycles. The van der Waals surface area contributed by atoms with E-state index >= 15 is 0 Å². The smallest absolute Gasteiger partial charge is 0.170 e. The van der Waals surface area contributed by atoms with Gasteiger partial charge in [-0.25, -0.2) is 4.98 Å². The van der Waals surface area contributed by atoms with Crippen LogP contribution < -0.4 is 5.73 Å². The molecule has 0 bridgehead atoms. The Hall–Kier alpha value is -1.16. The van der Waals surface area contributed by atoms with Gasteiger partial charge in [0.15, 0.2) is 6.10 Å². The van der Waals surface area contributed by atoms with Crippen molar-refractivity contribution in [1.82, 2.24) is 4.98 Å². The van der Waals surface area contributed by atoms with E-state index in [1.807, 2.05) is 0 Å². The number of nitrogens with two attached hydrogens (primary N) is 1. The van der Waals surface area contributed by atoms with Gasteiger partial charge in [0.1, 0.15) is 11.9 Å². The van der Waals surface area contributed by atoms with Crippen molar-refractivity contribution in [3.8, 4) is 6.07 Å². The minimum atomic E-state index is -1.51. The molecule has 1 rings (SSSR count). The summed E-state index contributed by atoms with van der Waals surface area (Å²) in [5.74, 6) is 0.0926. The summed E-state index contributed by atoms with van der Waals surface area (Å²) < 4.78 is 0.617. The van der Waals surface area contributed by atoms with E-state index < -0.39 is 12.2 Å². The molecule has 0 spiro atoms. The molecule has 74 valence electrons. The van der Waals surface area contributed by atoms with Crippen LogP contribution in [0.25, 0.3) is 0 Å². The zero-order valence-corrected chi connectivity index (χ0v) is 8.64. The maximum absolute atomic E-state index is 9.48. The Kier molecular flexibility index (Phi) is 3.41. The number of hydrogen-bond donors (Lipinski definition) is 3. The molecule has 2 atom stereocenters. The summed E-state index contributed by atoms with van der Waals surface area (Å²) in [6, 6.07) is 3.02. The number of nitrogen functional groups attached to an aromatic ring is 1. The third kappa shape index (κ3) is 2.20. The average molecular weight is 258 g/mol. The molecule has 0 saturated carbocycles. The van der Waals surface area contributed by atoms with Gasteiger partial charge in [0.25, 0.3) is 0 Å². The van der Waals surface area contributed by atoms with Crippen LogP contribution in [0.4, 0.5) is 5.82 Å². The molecule has 0 fully saturated rings. The van der Waals surface area contributed by atoms with Crippen LogP contribution in [-0.4, -0.2) is 21.3 Å². The number of nitrogens with zero attached hydrogens (tertiary/aromatic N) is 2. The van der Waals surface area contributed by atoms with Gasteiger partial charge in [-0.1, -0.05) is 0 Å². The maximum atomic E-state index is 9.48. The summed E-state index contributed by atoms with van der Waals surface area (Å²) in [5, 5.41) is 27.0. The average Bonchev–Trinajstić information content (AvgIpc) is 2.19. The van der Waals surface area contributed by atoms with Crippen molar-refractivity contribution in [3.63, 3.8) is 0 Å². The summed E-state index contributed by atoms with van der Waals surface area (Å²) in [7, 11) is 0. The van der Waals surface area contributed by atoms with E-state index in [4.69, 9.17) is 16.1 Å². The number of halogens is 1. The fourth-order valence-corrected chi connectivity index (χ4v) is 1.29. The normalized spacial score (nSPS) is 14.4. The van der Waals surface area contributed by atoms with Gasteiger partial charge in [-0.3, -0.25) is 0 Å². The third-order valence-electron chi connectivity index (χ3n) is 1.67. The Morgan fingerprint density at radius 1 is 1.57 bits per heavy atom. The second-order valence-electron chi connectivity index (χ2n) is 2.65. The Morgan fingerprint density at radius 3 is 2.79 bits per heavy atom. The summed E-state index contributed by atoms with van der Waals surface area (Å²) >= 11 is 3.14. The van der Waals surface area contributed by atoms with Gasteiger partial charge in [-0.2, -0.15) is 5.26 Å². The molecule has 1 heterocycles. The Labute approximate surface area is 88.9 Å². The predicted molar refractivity (Wildman–Crippen MR) is 52.9 cm³/mol. The highest BCUT2D eigenvalue weighted by atomic mass is 79.9. The van der Waals surface area contributed by atoms with Crippen LogP contribution in [0.15, 0.2) is 16.7 Å². The SMILES string of the molecule is N#CC(O)C(O)c1cc(Br)cnc1N. The van der Waals surface area contributed by atoms with Crippen LogP contribution in [-0.2, 0) is 0 Å². The van der Waals surface area contributed by atoms with Crippen LogP contribution in [0.5, 0.6) is 0 Å². The molecular weight excluding hydrogens is 250 g/mol. The van der Waals surface area contributed by atoms with Gasteiger partial charge in [-0.15, -0.1) is 0 Å². The molecule has 0 aromatic carbocycles. The number of aliphatic hydroxyl groups excluding tert-OH is 2. The molecule has 2 unspecified atom stereocenters. The molecule has 0 aliphatic carbocycles. The molecule has 14 heavy (non-hydrogen) atoms. The molecule has 1 aromatic heterocycles. The zero-order chi connectivity index (χ0) is 10.7. The zero-order valence-electron chi connectivity index (χ0n) is 7.05. The lowest BCUT2D eigenvalue weighted by Gasteiger charge is -2.13. The van der Waals surface area contributed by atoms with Crippen LogP contribution >= 0.6 is 15.9 Å². The lowest BCUT2D eigenvalue weighted by atomic mass is 10.1. The Morgan fingerprint density at radius 2 is 2.21 bits per heavy atom. The van der Waals surface area contributed by atoms with E-state index in [9.17, 15) is 5.11 Å². The minimum Gasteiger partial charge on any atom is -0.384 e. The monoisotopic (exact) mass is 257 g/mol. The van der Waals surface area contributed by atoms with E-state index in [0.29, 0.717) is 4.47 Å². The first-order valence-electron chi connectivity index (χ1n) is 3.73. The van der Waals surface area contributed by atoms with Crippen molar-refractivity contribution in [2.45, 2.75) is 12.2 Å². The number of aliphatic hydroxyl groups is 2. The second kappa shape index (κ2) is 4.37. The van der Waals surface area contributed by atoms with Crippen molar-refractivity contribution in [3.05, 3.63) is 22.3 Å². The first-order chi connectivity index (χ1) is 6.56. The predicted octanol–water partition coefficient (Wildman–Crippen LogP) is 0.344. The van der Waals surface area contributed by atoms with Gasteiger partial charge in [0.2, 0.25) is 0 Å². The lowest BCUT2D eigenvalue weighted by molar-refractivity contribution is 0.0530. The summed E-state index contributed by atoms with van der Waals surface area (Å²) in [6.45, 7) is 0. The van der Waals surface area contributed by atoms with E-state index in [1.165, 1.54) is 18.3 Å². The first kappa shape index (κ1) is 10.9. The molecule has 6 heteroatoms. The highest BCUT2D eigenvalue weighted by Crippen LogP contribution is 2.24. The minimum absolute atomic E-state index is 0.0926. The topological polar surface area (TPSA) is 103 Å². The van der Waals surface area contributed by atoms with E-state index in [2.05, 4.69) is 20.9 Å². The summed E-state index contributed by atoms with van der Waals surface area (Å²) in [6.07, 6.45) is -1.39. The number of nitriles is 1. The van der Waals surface area contributed by atoms with Gasteiger partial charge < -0.3 is 15.9 Å². The Balaban J connectivity index is 3.07. The fraction of sp³-hybridized carbons (Fsp3) is 0.250. The van der Waals surface area contributed by atoms with Crippen LogP contribution in [0.2, 0.25) is 0 Å². The van der Waals surface area contributed by atoms with Gasteiger partial charge in [0, 0.05) is 16.2 Å². The summed E-state index contributed by atoms with van der Waals surface area (Å²) in [4.78, 5) is 3.77. The number of hydrogen-bond acceptors (Lipinski definition) is 5. The second-order valence-corrected chi connectivity index (χ2v) is 3.56. The van der Waals surface area contributed by atoms with Crippen molar-refractivity contribution in [1.29, 1.82) is 5.26 Å². The standard InChI is InChI=1S/C8H8BrN3O2/c9-4-1-5(8(11)12-3-4)7(14)6(13)2-10/h1,3,6-7,13-14H,(H2,11,12). The molecule has 4 N–H and O–H groups in total. The van der Waals surface area contributed by atoms with Crippen LogP contribution in [0.3, 0.4) is 0 Å².